The standard InChI is InChI=1S/C11H11F2NO3/c12-10(13)7-3-6-1-2-14(11(16)17)5-8(6)9(15)4-7/h3-4,10,15H,1-2,5H2,(H,16,17). The molecule has 1 aliphatic heterocycles. The predicted octanol–water partition coefficient (Wildman–Crippen LogP) is 2.37. The summed E-state index contributed by atoms with van der Waals surface area (Å²) in [6, 6.07) is 2.33. The first-order valence-corrected chi connectivity index (χ1v) is 5.09. The summed E-state index contributed by atoms with van der Waals surface area (Å²) in [6.07, 6.45) is -3.37. The molecule has 2 N–H and O–H groups in total. The highest BCUT2D eigenvalue weighted by Gasteiger charge is 2.24. The van der Waals surface area contributed by atoms with Gasteiger partial charge in [0.15, 0.2) is 0 Å². The Morgan fingerprint density at radius 2 is 2.12 bits per heavy atom. The van der Waals surface area contributed by atoms with E-state index in [0.29, 0.717) is 17.5 Å². The van der Waals surface area contributed by atoms with Crippen molar-refractivity contribution in [2.45, 2.75) is 19.4 Å². The van der Waals surface area contributed by atoms with Gasteiger partial charge in [-0.2, -0.15) is 0 Å². The van der Waals surface area contributed by atoms with Gasteiger partial charge in [0.2, 0.25) is 0 Å². The van der Waals surface area contributed by atoms with E-state index < -0.39 is 12.5 Å². The van der Waals surface area contributed by atoms with Crippen molar-refractivity contribution in [3.05, 3.63) is 28.8 Å². The van der Waals surface area contributed by atoms with Gasteiger partial charge in [0.1, 0.15) is 5.75 Å². The minimum atomic E-state index is -2.64. The van der Waals surface area contributed by atoms with Crippen molar-refractivity contribution in [1.29, 1.82) is 0 Å². The number of halogens is 2. The summed E-state index contributed by atoms with van der Waals surface area (Å²) in [5.41, 5.74) is 0.783. The fourth-order valence-corrected chi connectivity index (χ4v) is 1.96. The van der Waals surface area contributed by atoms with Crippen molar-refractivity contribution in [3.8, 4) is 5.75 Å². The van der Waals surface area contributed by atoms with Gasteiger partial charge in [-0.15, -0.1) is 0 Å². The number of carboxylic acid groups (broad SMARTS) is 1. The molecule has 1 aromatic rings. The highest BCUT2D eigenvalue weighted by molar-refractivity contribution is 5.66. The van der Waals surface area contributed by atoms with Crippen LogP contribution in [0.4, 0.5) is 13.6 Å². The average Bonchev–Trinajstić information content (AvgIpc) is 2.28. The van der Waals surface area contributed by atoms with Gasteiger partial charge in [0, 0.05) is 17.7 Å². The van der Waals surface area contributed by atoms with Crippen LogP contribution in [0.15, 0.2) is 12.1 Å². The minimum Gasteiger partial charge on any atom is -0.508 e. The average molecular weight is 243 g/mol. The van der Waals surface area contributed by atoms with Crippen LogP contribution >= 0.6 is 0 Å². The highest BCUT2D eigenvalue weighted by atomic mass is 19.3. The van der Waals surface area contributed by atoms with E-state index in [9.17, 15) is 18.7 Å². The second-order valence-electron chi connectivity index (χ2n) is 3.93. The van der Waals surface area contributed by atoms with Crippen molar-refractivity contribution in [1.82, 2.24) is 4.90 Å². The molecule has 0 spiro atoms. The molecule has 0 unspecified atom stereocenters. The van der Waals surface area contributed by atoms with Gasteiger partial charge in [-0.05, 0) is 24.1 Å². The van der Waals surface area contributed by atoms with E-state index >= 15 is 0 Å². The number of amides is 1. The molecule has 0 bridgehead atoms. The smallest absolute Gasteiger partial charge is 0.407 e. The Hall–Kier alpha value is -1.85. The first-order chi connectivity index (χ1) is 7.99. The molecule has 0 saturated carbocycles. The highest BCUT2D eigenvalue weighted by Crippen LogP contribution is 2.32. The largest absolute Gasteiger partial charge is 0.508 e. The zero-order valence-electron chi connectivity index (χ0n) is 8.86. The zero-order valence-corrected chi connectivity index (χ0v) is 8.86. The van der Waals surface area contributed by atoms with Crippen LogP contribution in [0.3, 0.4) is 0 Å². The summed E-state index contributed by atoms with van der Waals surface area (Å²) in [5, 5.41) is 18.5. The normalized spacial score (nSPS) is 14.9. The fraction of sp³-hybridized carbons (Fsp3) is 0.364. The number of carbonyl (C=O) groups is 1. The molecule has 0 radical (unpaired) electrons. The third-order valence-electron chi connectivity index (χ3n) is 2.86. The Morgan fingerprint density at radius 1 is 1.41 bits per heavy atom. The van der Waals surface area contributed by atoms with Crippen LogP contribution < -0.4 is 0 Å². The number of nitrogens with zero attached hydrogens (tertiary/aromatic N) is 1. The number of fused-ring (bicyclic) bond motifs is 1. The SMILES string of the molecule is O=C(O)N1CCc2cc(C(F)F)cc(O)c2C1. The summed E-state index contributed by atoms with van der Waals surface area (Å²) in [5.74, 6) is -0.260. The maximum atomic E-state index is 12.5. The van der Waals surface area contributed by atoms with Gasteiger partial charge in [-0.1, -0.05) is 0 Å². The van der Waals surface area contributed by atoms with E-state index in [-0.39, 0.29) is 24.4 Å². The number of phenolic OH excluding ortho intramolecular Hbond substituents is 1. The lowest BCUT2D eigenvalue weighted by atomic mass is 9.96. The van der Waals surface area contributed by atoms with E-state index in [1.165, 1.54) is 6.07 Å². The molecule has 0 aliphatic carbocycles. The van der Waals surface area contributed by atoms with Gasteiger partial charge < -0.3 is 15.1 Å². The lowest BCUT2D eigenvalue weighted by Crippen LogP contribution is -2.34. The van der Waals surface area contributed by atoms with Crippen LogP contribution in [0.2, 0.25) is 0 Å². The van der Waals surface area contributed by atoms with Gasteiger partial charge >= 0.3 is 6.09 Å². The monoisotopic (exact) mass is 243 g/mol. The van der Waals surface area contributed by atoms with Crippen LogP contribution in [0.25, 0.3) is 0 Å². The Bertz CT molecular complexity index is 462. The Labute approximate surface area is 96.1 Å². The third-order valence-corrected chi connectivity index (χ3v) is 2.86. The molecule has 6 heteroatoms. The van der Waals surface area contributed by atoms with E-state index in [1.807, 2.05) is 0 Å². The van der Waals surface area contributed by atoms with Crippen molar-refractivity contribution in [3.63, 3.8) is 0 Å². The molecule has 1 aromatic carbocycles. The first kappa shape index (κ1) is 11.6. The molecule has 0 saturated heterocycles. The molecule has 4 nitrogen and oxygen atoms in total. The number of hydrogen-bond donors (Lipinski definition) is 2. The first-order valence-electron chi connectivity index (χ1n) is 5.09. The van der Waals surface area contributed by atoms with E-state index in [1.54, 1.807) is 0 Å². The van der Waals surface area contributed by atoms with E-state index in [2.05, 4.69) is 0 Å². The van der Waals surface area contributed by atoms with Crippen molar-refractivity contribution < 1.29 is 23.8 Å². The van der Waals surface area contributed by atoms with Crippen molar-refractivity contribution in [2.75, 3.05) is 6.54 Å². The van der Waals surface area contributed by atoms with Gasteiger partial charge in [-0.25, -0.2) is 13.6 Å². The van der Waals surface area contributed by atoms with Gasteiger partial charge in [0.05, 0.1) is 6.54 Å². The number of phenols is 1. The van der Waals surface area contributed by atoms with Crippen LogP contribution in [0.5, 0.6) is 5.75 Å². The Morgan fingerprint density at radius 3 is 2.71 bits per heavy atom. The summed E-state index contributed by atoms with van der Waals surface area (Å²) < 4.78 is 25.0. The predicted molar refractivity (Wildman–Crippen MR) is 55.2 cm³/mol. The number of benzene rings is 1. The minimum absolute atomic E-state index is 0.0417. The molecular weight excluding hydrogens is 232 g/mol. The Kier molecular flexibility index (Phi) is 2.87. The maximum absolute atomic E-state index is 12.5. The molecule has 1 amide bonds. The quantitative estimate of drug-likeness (QED) is 0.796. The molecule has 0 atom stereocenters. The second kappa shape index (κ2) is 4.20. The van der Waals surface area contributed by atoms with Gasteiger partial charge in [-0.3, -0.25) is 0 Å². The molecule has 17 heavy (non-hydrogen) atoms. The number of rotatable bonds is 1. The number of aromatic hydroxyl groups is 1. The van der Waals surface area contributed by atoms with Crippen molar-refractivity contribution >= 4 is 6.09 Å². The van der Waals surface area contributed by atoms with E-state index in [4.69, 9.17) is 5.11 Å². The summed E-state index contributed by atoms with van der Waals surface area (Å²) in [6.45, 7) is 0.300. The van der Waals surface area contributed by atoms with Crippen molar-refractivity contribution in [2.24, 2.45) is 0 Å². The second-order valence-corrected chi connectivity index (χ2v) is 3.93. The fourth-order valence-electron chi connectivity index (χ4n) is 1.96. The van der Waals surface area contributed by atoms with Gasteiger partial charge in [0.25, 0.3) is 6.43 Å². The van der Waals surface area contributed by atoms with E-state index in [0.717, 1.165) is 11.0 Å². The molecular formula is C11H11F2NO3. The molecule has 1 heterocycles. The summed E-state index contributed by atoms with van der Waals surface area (Å²) >= 11 is 0. The number of hydrogen-bond acceptors (Lipinski definition) is 2. The molecule has 1 aliphatic rings. The zero-order chi connectivity index (χ0) is 12.6. The summed E-state index contributed by atoms with van der Waals surface area (Å²) in [7, 11) is 0. The van der Waals surface area contributed by atoms with Crippen LogP contribution in [0.1, 0.15) is 23.1 Å². The lowest BCUT2D eigenvalue weighted by Gasteiger charge is -2.27. The summed E-state index contributed by atoms with van der Waals surface area (Å²) in [4.78, 5) is 11.9. The lowest BCUT2D eigenvalue weighted by molar-refractivity contribution is 0.138. The maximum Gasteiger partial charge on any atom is 0.407 e. The van der Waals surface area contributed by atoms with Crippen LogP contribution in [0, 0.1) is 0 Å². The van der Waals surface area contributed by atoms with Crippen LogP contribution in [-0.4, -0.2) is 27.8 Å². The Balaban J connectivity index is 2.37. The topological polar surface area (TPSA) is 60.8 Å². The van der Waals surface area contributed by atoms with Crippen LogP contribution in [-0.2, 0) is 13.0 Å². The molecule has 2 rings (SSSR count). The third kappa shape index (κ3) is 2.15. The molecule has 0 fully saturated rings. The molecule has 0 aromatic heterocycles. The molecule has 92 valence electrons. The number of alkyl halides is 2.